The molecule has 0 amide bonds. The minimum Gasteiger partial charge on any atom is -0.483 e. The molecule has 1 aliphatic rings. The van der Waals surface area contributed by atoms with Crippen LogP contribution in [0, 0.1) is 0 Å². The van der Waals surface area contributed by atoms with Gasteiger partial charge in [-0.15, -0.1) is 11.6 Å². The number of rotatable bonds is 3. The van der Waals surface area contributed by atoms with E-state index in [9.17, 15) is 0 Å². The molecule has 2 aromatic rings. The Morgan fingerprint density at radius 3 is 2.81 bits per heavy atom. The molecule has 4 heteroatoms. The predicted octanol–water partition coefficient (Wildman–Crippen LogP) is 5.69. The fraction of sp³-hybridized carbons (Fsp3) is 0.294. The molecule has 110 valence electrons. The van der Waals surface area contributed by atoms with Gasteiger partial charge in [0.25, 0.3) is 0 Å². The van der Waals surface area contributed by atoms with E-state index in [0.29, 0.717) is 5.88 Å². The van der Waals surface area contributed by atoms with Crippen LogP contribution in [0.4, 0.5) is 0 Å². The van der Waals surface area contributed by atoms with Gasteiger partial charge in [-0.2, -0.15) is 0 Å². The zero-order valence-electron chi connectivity index (χ0n) is 12.0. The first-order chi connectivity index (χ1) is 9.98. The molecule has 1 heterocycles. The lowest BCUT2D eigenvalue weighted by atomic mass is 10.0. The molecule has 3 rings (SSSR count). The van der Waals surface area contributed by atoms with Crippen molar-refractivity contribution < 1.29 is 9.47 Å². The second kappa shape index (κ2) is 5.54. The van der Waals surface area contributed by atoms with E-state index < -0.39 is 0 Å². The van der Waals surface area contributed by atoms with Crippen molar-refractivity contribution in [1.82, 2.24) is 0 Å². The average molecular weight is 368 g/mol. The third-order valence-corrected chi connectivity index (χ3v) is 4.48. The minimum atomic E-state index is -0.176. The van der Waals surface area contributed by atoms with E-state index in [1.165, 1.54) is 5.56 Å². The van der Waals surface area contributed by atoms with Crippen molar-refractivity contribution >= 4 is 27.5 Å². The number of para-hydroxylation sites is 1. The average Bonchev–Trinajstić information content (AvgIpc) is 2.74. The molecule has 21 heavy (non-hydrogen) atoms. The Hall–Kier alpha value is -1.19. The molecule has 0 radical (unpaired) electrons. The zero-order chi connectivity index (χ0) is 15.0. The van der Waals surface area contributed by atoms with Gasteiger partial charge in [-0.25, -0.2) is 0 Å². The molecule has 0 bridgehead atoms. The first-order valence-corrected chi connectivity index (χ1v) is 8.14. The largest absolute Gasteiger partial charge is 0.483 e. The highest BCUT2D eigenvalue weighted by atomic mass is 79.9. The van der Waals surface area contributed by atoms with E-state index in [1.807, 2.05) is 30.3 Å². The quantitative estimate of drug-likeness (QED) is 0.648. The van der Waals surface area contributed by atoms with E-state index in [1.54, 1.807) is 0 Å². The zero-order valence-corrected chi connectivity index (χ0v) is 14.3. The fourth-order valence-electron chi connectivity index (χ4n) is 2.49. The third kappa shape index (κ3) is 3.04. The summed E-state index contributed by atoms with van der Waals surface area (Å²) in [7, 11) is 0. The van der Waals surface area contributed by atoms with Crippen LogP contribution in [0.25, 0.3) is 0 Å². The van der Waals surface area contributed by atoms with Crippen molar-refractivity contribution in [2.75, 3.05) is 0 Å². The van der Waals surface area contributed by atoms with Crippen molar-refractivity contribution in [3.63, 3.8) is 0 Å². The molecular formula is C17H16BrClO2. The topological polar surface area (TPSA) is 18.5 Å². The number of fused-ring (bicyclic) bond motifs is 1. The second-order valence-corrected chi connectivity index (χ2v) is 6.89. The highest BCUT2D eigenvalue weighted by molar-refractivity contribution is 9.10. The molecule has 0 N–H and O–H groups in total. The van der Waals surface area contributed by atoms with Crippen LogP contribution < -0.4 is 9.47 Å². The molecule has 0 aliphatic carbocycles. The lowest BCUT2D eigenvalue weighted by Gasteiger charge is -2.18. The predicted molar refractivity (Wildman–Crippen MR) is 88.6 cm³/mol. The van der Waals surface area contributed by atoms with Crippen LogP contribution in [0.2, 0.25) is 0 Å². The first kappa shape index (κ1) is 14.7. The van der Waals surface area contributed by atoms with Crippen LogP contribution in [-0.4, -0.2) is 5.60 Å². The standard InChI is InChI=1S/C17H16BrClO2/c1-17(2)9-11-4-3-5-15(16(11)21-17)20-13-7-6-12(10-19)14(18)8-13/h3-8H,9-10H2,1-2H3. The summed E-state index contributed by atoms with van der Waals surface area (Å²) < 4.78 is 13.0. The molecule has 0 saturated heterocycles. The van der Waals surface area contributed by atoms with Crippen LogP contribution in [-0.2, 0) is 12.3 Å². The molecule has 0 saturated carbocycles. The highest BCUT2D eigenvalue weighted by Gasteiger charge is 2.32. The van der Waals surface area contributed by atoms with E-state index in [0.717, 1.165) is 33.7 Å². The second-order valence-electron chi connectivity index (χ2n) is 5.77. The Balaban J connectivity index is 1.90. The Bertz CT molecular complexity index is 682. The van der Waals surface area contributed by atoms with Gasteiger partial charge in [0.05, 0.1) is 0 Å². The SMILES string of the molecule is CC1(C)Cc2cccc(Oc3ccc(CCl)c(Br)c3)c2O1. The van der Waals surface area contributed by atoms with Gasteiger partial charge < -0.3 is 9.47 Å². The molecule has 1 aliphatic heterocycles. The maximum absolute atomic E-state index is 6.01. The van der Waals surface area contributed by atoms with Crippen LogP contribution in [0.1, 0.15) is 25.0 Å². The van der Waals surface area contributed by atoms with Crippen molar-refractivity contribution in [2.45, 2.75) is 31.7 Å². The molecule has 2 aromatic carbocycles. The van der Waals surface area contributed by atoms with Crippen LogP contribution in [0.5, 0.6) is 17.2 Å². The highest BCUT2D eigenvalue weighted by Crippen LogP contribution is 2.43. The summed E-state index contributed by atoms with van der Waals surface area (Å²) in [6.45, 7) is 4.17. The summed E-state index contributed by atoms with van der Waals surface area (Å²) in [5, 5.41) is 0. The Morgan fingerprint density at radius 2 is 2.10 bits per heavy atom. The van der Waals surface area contributed by atoms with Crippen molar-refractivity contribution in [3.05, 3.63) is 52.0 Å². The molecule has 2 nitrogen and oxygen atoms in total. The van der Waals surface area contributed by atoms with E-state index in [-0.39, 0.29) is 5.60 Å². The molecule has 0 spiro atoms. The van der Waals surface area contributed by atoms with Crippen LogP contribution in [0.15, 0.2) is 40.9 Å². The normalized spacial score (nSPS) is 15.4. The summed E-state index contributed by atoms with van der Waals surface area (Å²) in [5.41, 5.74) is 2.05. The Morgan fingerprint density at radius 1 is 1.29 bits per heavy atom. The van der Waals surface area contributed by atoms with Gasteiger partial charge in [0.2, 0.25) is 0 Å². The van der Waals surface area contributed by atoms with Crippen LogP contribution >= 0.6 is 27.5 Å². The Labute approximate surface area is 138 Å². The van der Waals surface area contributed by atoms with Gasteiger partial charge in [-0.05, 0) is 37.6 Å². The summed E-state index contributed by atoms with van der Waals surface area (Å²) in [6, 6.07) is 11.8. The van der Waals surface area contributed by atoms with E-state index >= 15 is 0 Å². The number of benzene rings is 2. The lowest BCUT2D eigenvalue weighted by molar-refractivity contribution is 0.135. The van der Waals surface area contributed by atoms with Gasteiger partial charge in [-0.3, -0.25) is 0 Å². The number of halogens is 2. The molecule has 0 atom stereocenters. The molecular weight excluding hydrogens is 352 g/mol. The summed E-state index contributed by atoms with van der Waals surface area (Å²) in [5.74, 6) is 2.83. The minimum absolute atomic E-state index is 0.176. The van der Waals surface area contributed by atoms with Gasteiger partial charge >= 0.3 is 0 Å². The molecule has 0 aromatic heterocycles. The lowest BCUT2D eigenvalue weighted by Crippen LogP contribution is -2.24. The molecule has 0 fully saturated rings. The first-order valence-electron chi connectivity index (χ1n) is 6.82. The maximum atomic E-state index is 6.01. The number of hydrogen-bond acceptors (Lipinski definition) is 2. The number of hydrogen-bond donors (Lipinski definition) is 0. The maximum Gasteiger partial charge on any atom is 0.169 e. The van der Waals surface area contributed by atoms with Gasteiger partial charge in [-0.1, -0.05) is 34.1 Å². The summed E-state index contributed by atoms with van der Waals surface area (Å²) in [4.78, 5) is 0. The smallest absolute Gasteiger partial charge is 0.169 e. The monoisotopic (exact) mass is 366 g/mol. The van der Waals surface area contributed by atoms with Crippen LogP contribution in [0.3, 0.4) is 0 Å². The van der Waals surface area contributed by atoms with Gasteiger partial charge in [0, 0.05) is 22.3 Å². The summed E-state index contributed by atoms with van der Waals surface area (Å²) >= 11 is 9.37. The molecule has 0 unspecified atom stereocenters. The summed E-state index contributed by atoms with van der Waals surface area (Å²) in [6.07, 6.45) is 0.897. The third-order valence-electron chi connectivity index (χ3n) is 3.45. The van der Waals surface area contributed by atoms with Gasteiger partial charge in [0.1, 0.15) is 11.4 Å². The fourth-order valence-corrected chi connectivity index (χ4v) is 3.39. The van der Waals surface area contributed by atoms with Crippen molar-refractivity contribution in [2.24, 2.45) is 0 Å². The van der Waals surface area contributed by atoms with Gasteiger partial charge in [0.15, 0.2) is 11.5 Å². The van der Waals surface area contributed by atoms with E-state index in [2.05, 4.69) is 35.8 Å². The Kier molecular flexibility index (Phi) is 3.89. The number of alkyl halides is 1. The van der Waals surface area contributed by atoms with Crippen molar-refractivity contribution in [1.29, 1.82) is 0 Å². The number of ether oxygens (including phenoxy) is 2. The van der Waals surface area contributed by atoms with Crippen molar-refractivity contribution in [3.8, 4) is 17.2 Å². The van der Waals surface area contributed by atoms with E-state index in [4.69, 9.17) is 21.1 Å².